The quantitative estimate of drug-likeness (QED) is 0.456. The lowest BCUT2D eigenvalue weighted by molar-refractivity contribution is -0.137. The maximum Gasteiger partial charge on any atom is 0.417 e. The summed E-state index contributed by atoms with van der Waals surface area (Å²) in [5.74, 6) is 0. The van der Waals surface area contributed by atoms with Gasteiger partial charge in [-0.3, -0.25) is 0 Å². The normalized spacial score (nSPS) is 14.0. The molecule has 1 saturated carbocycles. The van der Waals surface area contributed by atoms with Gasteiger partial charge in [0.1, 0.15) is 18.5 Å². The fraction of sp³-hybridized carbons (Fsp3) is 0.375. The third kappa shape index (κ3) is 4.93. The molecule has 0 radical (unpaired) electrons. The van der Waals surface area contributed by atoms with Crippen molar-refractivity contribution in [1.29, 1.82) is 5.26 Å². The minimum absolute atomic E-state index is 0.107. The van der Waals surface area contributed by atoms with E-state index in [0.717, 1.165) is 49.9 Å². The lowest BCUT2D eigenvalue weighted by Crippen LogP contribution is -2.14. The third-order valence-corrected chi connectivity index (χ3v) is 5.40. The van der Waals surface area contributed by atoms with Gasteiger partial charge in [0.15, 0.2) is 0 Å². The van der Waals surface area contributed by atoms with Crippen molar-refractivity contribution in [2.75, 3.05) is 5.73 Å². The van der Waals surface area contributed by atoms with Crippen molar-refractivity contribution in [3.05, 3.63) is 47.7 Å². The Bertz CT molecular complexity index is 1080. The van der Waals surface area contributed by atoms with E-state index in [-0.39, 0.29) is 17.0 Å². The molecule has 2 aromatic heterocycles. The molecule has 8 heteroatoms. The number of alkyl halides is 3. The molecule has 0 spiro atoms. The Morgan fingerprint density at radius 2 is 1.72 bits per heavy atom. The van der Waals surface area contributed by atoms with Crippen LogP contribution < -0.4 is 5.73 Å². The number of rotatable bonds is 2. The smallest absolute Gasteiger partial charge is 0.399 e. The van der Waals surface area contributed by atoms with Gasteiger partial charge in [-0.05, 0) is 36.6 Å². The van der Waals surface area contributed by atoms with E-state index in [1.165, 1.54) is 0 Å². The average molecular weight is 445 g/mol. The number of halogens is 3. The van der Waals surface area contributed by atoms with Gasteiger partial charge in [0, 0.05) is 23.3 Å². The summed E-state index contributed by atoms with van der Waals surface area (Å²) >= 11 is 0. The van der Waals surface area contributed by atoms with Crippen LogP contribution in [0.5, 0.6) is 0 Å². The Hall–Kier alpha value is -3.34. The first-order chi connectivity index (χ1) is 15.4. The number of nitriles is 1. The van der Waals surface area contributed by atoms with E-state index in [9.17, 15) is 18.4 Å². The molecule has 2 N–H and O–H groups in total. The first-order valence-electron chi connectivity index (χ1n) is 10.6. The van der Waals surface area contributed by atoms with Crippen molar-refractivity contribution < 1.29 is 18.0 Å². The van der Waals surface area contributed by atoms with Crippen LogP contribution in [-0.2, 0) is 11.0 Å². The van der Waals surface area contributed by atoms with E-state index < -0.39 is 11.7 Å². The van der Waals surface area contributed by atoms with Crippen molar-refractivity contribution >= 4 is 23.5 Å². The van der Waals surface area contributed by atoms with Crippen molar-refractivity contribution in [2.45, 2.75) is 58.2 Å². The molecule has 3 aromatic rings. The predicted octanol–water partition coefficient (Wildman–Crippen LogP) is 6.52. The second kappa shape index (κ2) is 10.8. The number of carbonyl (C=O) groups is 1. The molecule has 1 fully saturated rings. The minimum atomic E-state index is -4.51. The number of nitrogens with zero attached hydrogens (tertiary/aromatic N) is 3. The van der Waals surface area contributed by atoms with Gasteiger partial charge in [0.2, 0.25) is 0 Å². The zero-order valence-corrected chi connectivity index (χ0v) is 18.2. The van der Waals surface area contributed by atoms with Crippen LogP contribution in [0, 0.1) is 11.3 Å². The summed E-state index contributed by atoms with van der Waals surface area (Å²) in [6.45, 7) is 6.00. The third-order valence-electron chi connectivity index (χ3n) is 5.40. The number of hydrogen-bond donors (Lipinski definition) is 1. The molecule has 2 heterocycles. The van der Waals surface area contributed by atoms with E-state index >= 15 is 0 Å². The summed E-state index contributed by atoms with van der Waals surface area (Å²) in [5, 5.41) is 10.1. The summed E-state index contributed by atoms with van der Waals surface area (Å²) < 4.78 is 41.7. The molecule has 0 aliphatic heterocycles. The Kier molecular flexibility index (Phi) is 8.41. The number of carbonyl (C=O) groups excluding carboxylic acids is 1. The Labute approximate surface area is 185 Å². The Morgan fingerprint density at radius 1 is 1.12 bits per heavy atom. The van der Waals surface area contributed by atoms with Crippen molar-refractivity contribution in [2.24, 2.45) is 0 Å². The van der Waals surface area contributed by atoms with Gasteiger partial charge in [-0.25, -0.2) is 4.98 Å². The lowest BCUT2D eigenvalue weighted by Gasteiger charge is -2.26. The van der Waals surface area contributed by atoms with Crippen molar-refractivity contribution in [1.82, 2.24) is 9.55 Å². The molecular formula is C24H27F3N4O. The number of anilines is 1. The van der Waals surface area contributed by atoms with Gasteiger partial charge >= 0.3 is 6.18 Å². The number of pyridine rings is 1. The molecule has 5 nitrogen and oxygen atoms in total. The SMILES string of the molecule is C=O.CC.N#Cc1c(-c2ccc(N)cc2)n(C2CCCCC2)c2ncc(C(F)(F)F)cc12. The number of aromatic nitrogens is 2. The Morgan fingerprint density at radius 3 is 2.25 bits per heavy atom. The van der Waals surface area contributed by atoms with Gasteiger partial charge in [0.05, 0.1) is 16.8 Å². The van der Waals surface area contributed by atoms with Gasteiger partial charge in [-0.2, -0.15) is 18.4 Å². The highest BCUT2D eigenvalue weighted by Crippen LogP contribution is 2.41. The van der Waals surface area contributed by atoms with E-state index in [2.05, 4.69) is 11.1 Å². The van der Waals surface area contributed by atoms with Gasteiger partial charge < -0.3 is 15.1 Å². The summed E-state index contributed by atoms with van der Waals surface area (Å²) in [7, 11) is 0. The fourth-order valence-corrected chi connectivity index (χ4v) is 4.07. The van der Waals surface area contributed by atoms with Crippen LogP contribution in [0.1, 0.15) is 63.1 Å². The van der Waals surface area contributed by atoms with Crippen LogP contribution in [0.25, 0.3) is 22.3 Å². The molecule has 0 atom stereocenters. The largest absolute Gasteiger partial charge is 0.417 e. The lowest BCUT2D eigenvalue weighted by atomic mass is 9.94. The van der Waals surface area contributed by atoms with E-state index in [1.807, 2.05) is 25.2 Å². The molecule has 170 valence electrons. The van der Waals surface area contributed by atoms with Crippen LogP contribution >= 0.6 is 0 Å². The first kappa shape index (κ1) is 24.9. The van der Waals surface area contributed by atoms with E-state index in [0.29, 0.717) is 17.0 Å². The molecule has 1 aliphatic carbocycles. The molecular weight excluding hydrogens is 417 g/mol. The fourth-order valence-electron chi connectivity index (χ4n) is 4.07. The van der Waals surface area contributed by atoms with Crippen molar-refractivity contribution in [3.63, 3.8) is 0 Å². The number of nitrogen functional groups attached to an aromatic ring is 1. The maximum atomic E-state index is 13.2. The van der Waals surface area contributed by atoms with Gasteiger partial charge in [0.25, 0.3) is 0 Å². The monoisotopic (exact) mass is 444 g/mol. The molecule has 32 heavy (non-hydrogen) atoms. The molecule has 1 aromatic carbocycles. The number of hydrogen-bond acceptors (Lipinski definition) is 4. The highest BCUT2D eigenvalue weighted by atomic mass is 19.4. The first-order valence-corrected chi connectivity index (χ1v) is 10.6. The molecule has 0 saturated heterocycles. The highest BCUT2D eigenvalue weighted by molar-refractivity contribution is 5.93. The maximum absolute atomic E-state index is 13.2. The molecule has 4 rings (SSSR count). The van der Waals surface area contributed by atoms with E-state index in [4.69, 9.17) is 10.5 Å². The predicted molar refractivity (Wildman–Crippen MR) is 120 cm³/mol. The topological polar surface area (TPSA) is 84.7 Å². The molecule has 0 unspecified atom stereocenters. The summed E-state index contributed by atoms with van der Waals surface area (Å²) in [6.07, 6.45) is 1.42. The average Bonchev–Trinajstić information content (AvgIpc) is 3.16. The second-order valence-electron chi connectivity index (χ2n) is 7.21. The number of fused-ring (bicyclic) bond motifs is 1. The standard InChI is InChI=1S/C21H19F3N4.C2H6.CH2O/c22-21(23,24)14-10-17-18(11-25)19(13-6-8-15(26)9-7-13)28(20(17)27-12-14)16-4-2-1-3-5-16;2*1-2/h6-10,12,16H,1-5,26H2;1-2H3;1H2. The van der Waals surface area contributed by atoms with Crippen LogP contribution in [0.2, 0.25) is 0 Å². The number of benzene rings is 1. The van der Waals surface area contributed by atoms with Gasteiger partial charge in [-0.15, -0.1) is 0 Å². The summed E-state index contributed by atoms with van der Waals surface area (Å²) in [6, 6.07) is 10.3. The van der Waals surface area contributed by atoms with Crippen LogP contribution in [0.15, 0.2) is 36.5 Å². The zero-order chi connectivity index (χ0) is 23.9. The molecule has 0 bridgehead atoms. The van der Waals surface area contributed by atoms with Crippen LogP contribution in [0.3, 0.4) is 0 Å². The summed E-state index contributed by atoms with van der Waals surface area (Å²) in [5.41, 5.74) is 7.56. The van der Waals surface area contributed by atoms with Crippen LogP contribution in [-0.4, -0.2) is 16.3 Å². The molecule has 1 aliphatic rings. The van der Waals surface area contributed by atoms with Crippen molar-refractivity contribution in [3.8, 4) is 17.3 Å². The molecule has 0 amide bonds. The minimum Gasteiger partial charge on any atom is -0.399 e. The van der Waals surface area contributed by atoms with Crippen LogP contribution in [0.4, 0.5) is 18.9 Å². The zero-order valence-electron chi connectivity index (χ0n) is 18.2. The second-order valence-corrected chi connectivity index (χ2v) is 7.21. The van der Waals surface area contributed by atoms with E-state index in [1.54, 1.807) is 24.3 Å². The number of nitrogens with two attached hydrogens (primary N) is 1. The Balaban J connectivity index is 0.000000860. The van der Waals surface area contributed by atoms with Gasteiger partial charge in [-0.1, -0.05) is 45.2 Å². The summed E-state index contributed by atoms with van der Waals surface area (Å²) in [4.78, 5) is 12.2. The highest BCUT2D eigenvalue weighted by Gasteiger charge is 2.33.